The molecule has 140 valence electrons. The van der Waals surface area contributed by atoms with Gasteiger partial charge in [-0.15, -0.1) is 0 Å². The van der Waals surface area contributed by atoms with Crippen LogP contribution in [0.25, 0.3) is 10.9 Å². The highest BCUT2D eigenvalue weighted by atomic mass is 35.5. The van der Waals surface area contributed by atoms with Gasteiger partial charge in [0, 0.05) is 34.1 Å². The van der Waals surface area contributed by atoms with E-state index in [0.717, 1.165) is 30.3 Å². The molecule has 27 heavy (non-hydrogen) atoms. The highest BCUT2D eigenvalue weighted by molar-refractivity contribution is 6.30. The highest BCUT2D eigenvalue weighted by Gasteiger charge is 2.38. The van der Waals surface area contributed by atoms with E-state index in [1.165, 1.54) is 27.7 Å². The number of hydrazine groups is 1. The summed E-state index contributed by atoms with van der Waals surface area (Å²) >= 11 is 6.08. The van der Waals surface area contributed by atoms with Gasteiger partial charge in [0.25, 0.3) is 0 Å². The average molecular weight is 383 g/mol. The Morgan fingerprint density at radius 2 is 1.93 bits per heavy atom. The number of rotatable bonds is 3. The average Bonchev–Trinajstić information content (AvgIpc) is 3.32. The minimum atomic E-state index is 0.228. The van der Waals surface area contributed by atoms with Crippen LogP contribution in [0.1, 0.15) is 28.9 Å². The third-order valence-corrected chi connectivity index (χ3v) is 6.13. The minimum absolute atomic E-state index is 0.228. The molecule has 4 N–H and O–H groups in total. The molecule has 0 bridgehead atoms. The summed E-state index contributed by atoms with van der Waals surface area (Å²) in [7, 11) is 1.72. The highest BCUT2D eigenvalue weighted by Crippen LogP contribution is 2.40. The Bertz CT molecular complexity index is 968. The van der Waals surface area contributed by atoms with E-state index in [-0.39, 0.29) is 12.1 Å². The summed E-state index contributed by atoms with van der Waals surface area (Å²) in [5.74, 6) is 1.29. The van der Waals surface area contributed by atoms with Gasteiger partial charge in [0.15, 0.2) is 0 Å². The van der Waals surface area contributed by atoms with Gasteiger partial charge >= 0.3 is 0 Å². The van der Waals surface area contributed by atoms with Gasteiger partial charge in [0.1, 0.15) is 5.75 Å². The van der Waals surface area contributed by atoms with E-state index >= 15 is 0 Å². The van der Waals surface area contributed by atoms with Crippen LogP contribution in [-0.2, 0) is 6.42 Å². The summed E-state index contributed by atoms with van der Waals surface area (Å²) < 4.78 is 5.43. The first-order chi connectivity index (χ1) is 13.2. The Balaban J connectivity index is 1.54. The molecule has 0 saturated carbocycles. The molecule has 3 heterocycles. The van der Waals surface area contributed by atoms with Gasteiger partial charge in [-0.2, -0.15) is 0 Å². The molecule has 5 nitrogen and oxygen atoms in total. The third kappa shape index (κ3) is 2.91. The lowest BCUT2D eigenvalue weighted by Crippen LogP contribution is -2.37. The van der Waals surface area contributed by atoms with Gasteiger partial charge in [-0.1, -0.05) is 23.7 Å². The molecule has 5 rings (SSSR count). The van der Waals surface area contributed by atoms with Gasteiger partial charge in [-0.05, 0) is 54.4 Å². The standard InChI is InChI=1S/C21H23ClN4O/c1-27-14-6-7-18-16(10-14)15-8-9-23-20(21(15)25-18)17-11-24-26-19(17)12-2-4-13(22)5-3-12/h2-7,10,17,19-20,23-26H,8-9,11H2,1H3. The van der Waals surface area contributed by atoms with E-state index in [2.05, 4.69) is 45.4 Å². The van der Waals surface area contributed by atoms with E-state index < -0.39 is 0 Å². The van der Waals surface area contributed by atoms with Crippen molar-refractivity contribution in [2.75, 3.05) is 20.2 Å². The molecule has 0 radical (unpaired) electrons. The molecule has 2 aliphatic heterocycles. The number of aromatic amines is 1. The molecule has 0 aliphatic carbocycles. The van der Waals surface area contributed by atoms with Crippen molar-refractivity contribution in [3.63, 3.8) is 0 Å². The predicted molar refractivity (Wildman–Crippen MR) is 108 cm³/mol. The Morgan fingerprint density at radius 3 is 2.74 bits per heavy atom. The number of benzene rings is 2. The zero-order chi connectivity index (χ0) is 18.4. The second kappa shape index (κ2) is 6.84. The maximum absolute atomic E-state index is 6.08. The van der Waals surface area contributed by atoms with E-state index in [9.17, 15) is 0 Å². The van der Waals surface area contributed by atoms with Gasteiger partial charge in [0.2, 0.25) is 0 Å². The van der Waals surface area contributed by atoms with Crippen molar-refractivity contribution < 1.29 is 4.74 Å². The maximum Gasteiger partial charge on any atom is 0.119 e. The first kappa shape index (κ1) is 17.1. The predicted octanol–water partition coefficient (Wildman–Crippen LogP) is 3.48. The van der Waals surface area contributed by atoms with Crippen LogP contribution < -0.4 is 20.9 Å². The number of aromatic nitrogens is 1. The Labute approximate surface area is 163 Å². The summed E-state index contributed by atoms with van der Waals surface area (Å²) in [6.07, 6.45) is 1.03. The molecule has 0 amide bonds. The number of hydrogen-bond acceptors (Lipinski definition) is 4. The topological polar surface area (TPSA) is 61.1 Å². The summed E-state index contributed by atoms with van der Waals surface area (Å²) in [4.78, 5) is 3.68. The fourth-order valence-electron chi connectivity index (χ4n) is 4.55. The Kier molecular flexibility index (Phi) is 4.32. The van der Waals surface area contributed by atoms with Crippen LogP contribution in [0, 0.1) is 5.92 Å². The quantitative estimate of drug-likeness (QED) is 0.560. The van der Waals surface area contributed by atoms with E-state index in [4.69, 9.17) is 16.3 Å². The van der Waals surface area contributed by atoms with Gasteiger partial charge in [-0.25, -0.2) is 5.43 Å². The molecule has 6 heteroatoms. The maximum atomic E-state index is 6.08. The molecule has 3 atom stereocenters. The van der Waals surface area contributed by atoms with Crippen molar-refractivity contribution in [2.45, 2.75) is 18.5 Å². The lowest BCUT2D eigenvalue weighted by molar-refractivity contribution is 0.327. The van der Waals surface area contributed by atoms with Crippen LogP contribution in [0.5, 0.6) is 5.75 Å². The molecular formula is C21H23ClN4O. The number of fused-ring (bicyclic) bond motifs is 3. The van der Waals surface area contributed by atoms with Gasteiger partial charge in [-0.3, -0.25) is 5.43 Å². The number of halogens is 1. The first-order valence-electron chi connectivity index (χ1n) is 9.40. The number of nitrogens with one attached hydrogen (secondary N) is 4. The van der Waals surface area contributed by atoms with Crippen LogP contribution in [0.3, 0.4) is 0 Å². The van der Waals surface area contributed by atoms with Crippen LogP contribution in [0.15, 0.2) is 42.5 Å². The van der Waals surface area contributed by atoms with Crippen LogP contribution >= 0.6 is 11.6 Å². The van der Waals surface area contributed by atoms with Crippen LogP contribution in [0.4, 0.5) is 0 Å². The molecule has 2 aliphatic rings. The SMILES string of the molecule is COc1ccc2[nH]c3c(c2c1)CCNC3C1CNNC1c1ccc(Cl)cc1. The first-order valence-corrected chi connectivity index (χ1v) is 9.78. The summed E-state index contributed by atoms with van der Waals surface area (Å²) in [5.41, 5.74) is 12.0. The van der Waals surface area contributed by atoms with Crippen molar-refractivity contribution in [1.29, 1.82) is 0 Å². The van der Waals surface area contributed by atoms with Crippen molar-refractivity contribution in [3.8, 4) is 5.75 Å². The van der Waals surface area contributed by atoms with Gasteiger partial charge in [0.05, 0.1) is 19.2 Å². The molecule has 2 aromatic carbocycles. The van der Waals surface area contributed by atoms with Crippen LogP contribution in [-0.4, -0.2) is 25.2 Å². The lowest BCUT2D eigenvalue weighted by Gasteiger charge is -2.32. The third-order valence-electron chi connectivity index (χ3n) is 5.88. The molecule has 3 unspecified atom stereocenters. The van der Waals surface area contributed by atoms with E-state index in [1.54, 1.807) is 7.11 Å². The Morgan fingerprint density at radius 1 is 1.07 bits per heavy atom. The number of methoxy groups -OCH3 is 1. The second-order valence-corrected chi connectivity index (χ2v) is 7.77. The van der Waals surface area contributed by atoms with Crippen molar-refractivity contribution in [1.82, 2.24) is 21.2 Å². The lowest BCUT2D eigenvalue weighted by atomic mass is 9.84. The van der Waals surface area contributed by atoms with Crippen molar-refractivity contribution in [3.05, 3.63) is 64.3 Å². The largest absolute Gasteiger partial charge is 0.497 e. The molecule has 1 saturated heterocycles. The zero-order valence-electron chi connectivity index (χ0n) is 15.2. The summed E-state index contributed by atoms with van der Waals surface area (Å²) in [5, 5.41) is 5.79. The van der Waals surface area contributed by atoms with Crippen molar-refractivity contribution in [2.24, 2.45) is 5.92 Å². The normalized spacial score (nSPS) is 24.9. The smallest absolute Gasteiger partial charge is 0.119 e. The molecule has 1 aromatic heterocycles. The van der Waals surface area contributed by atoms with Crippen LogP contribution in [0.2, 0.25) is 5.02 Å². The summed E-state index contributed by atoms with van der Waals surface area (Å²) in [6, 6.07) is 14.9. The number of H-pyrrole nitrogens is 1. The molecule has 0 spiro atoms. The second-order valence-electron chi connectivity index (χ2n) is 7.33. The monoisotopic (exact) mass is 382 g/mol. The number of ether oxygens (including phenoxy) is 1. The zero-order valence-corrected chi connectivity index (χ0v) is 15.9. The van der Waals surface area contributed by atoms with Gasteiger partial charge < -0.3 is 15.0 Å². The molecule has 3 aromatic rings. The molecule has 1 fully saturated rings. The minimum Gasteiger partial charge on any atom is -0.497 e. The number of hydrogen-bond donors (Lipinski definition) is 4. The fraction of sp³-hybridized carbons (Fsp3) is 0.333. The Hall–Kier alpha value is -2.05. The fourth-order valence-corrected chi connectivity index (χ4v) is 4.68. The summed E-state index contributed by atoms with van der Waals surface area (Å²) in [6.45, 7) is 1.88. The molecular weight excluding hydrogens is 360 g/mol. The van der Waals surface area contributed by atoms with Crippen molar-refractivity contribution >= 4 is 22.5 Å². The van der Waals surface area contributed by atoms with E-state index in [1.807, 2.05) is 18.2 Å². The van der Waals surface area contributed by atoms with E-state index in [0.29, 0.717) is 5.92 Å².